The third kappa shape index (κ3) is 7.51. The number of aromatic nitrogens is 2. The van der Waals surface area contributed by atoms with E-state index in [0.717, 1.165) is 61.1 Å². The van der Waals surface area contributed by atoms with Crippen molar-refractivity contribution in [1.29, 1.82) is 0 Å². The molecule has 0 saturated heterocycles. The van der Waals surface area contributed by atoms with Crippen molar-refractivity contribution in [3.63, 3.8) is 0 Å². The molecule has 0 bridgehead atoms. The van der Waals surface area contributed by atoms with Gasteiger partial charge >= 0.3 is 117 Å². The van der Waals surface area contributed by atoms with Crippen molar-refractivity contribution < 1.29 is 30.0 Å². The molecule has 0 aliphatic carbocycles. The number of hydrogen-bond acceptors (Lipinski definition) is 3. The maximum absolute atomic E-state index is 8.34. The molecule has 0 saturated carbocycles. The van der Waals surface area contributed by atoms with Crippen molar-refractivity contribution in [3.8, 4) is 33.6 Å². The molecule has 239 valence electrons. The molecule has 4 aromatic carbocycles. The Bertz CT molecular complexity index is 2290. The third-order valence-corrected chi connectivity index (χ3v) is 12.6. The fraction of sp³-hybridized carbons (Fsp3) is 0.190. The van der Waals surface area contributed by atoms with Crippen LogP contribution in [0.5, 0.6) is 0 Å². The summed E-state index contributed by atoms with van der Waals surface area (Å²) in [5, 5.41) is 2.14. The van der Waals surface area contributed by atoms with E-state index >= 15 is 0 Å². The van der Waals surface area contributed by atoms with Crippen LogP contribution in [0.2, 0.25) is 17.3 Å². The summed E-state index contributed by atoms with van der Waals surface area (Å²) in [6.07, 6.45) is 3.74. The smallest absolute Gasteiger partial charge is 0 e. The van der Waals surface area contributed by atoms with Gasteiger partial charge in [0.1, 0.15) is 5.58 Å². The first kappa shape index (κ1) is 29.3. The number of furan rings is 1. The van der Waals surface area contributed by atoms with Gasteiger partial charge in [0.25, 0.3) is 0 Å². The Labute approximate surface area is 300 Å². The Morgan fingerprint density at radius 2 is 1.68 bits per heavy atom. The normalized spacial score (nSPS) is 13.1. The summed E-state index contributed by atoms with van der Waals surface area (Å²) >= 11 is -1.89. The average Bonchev–Trinajstić information content (AvgIpc) is 3.47. The molecule has 0 aliphatic rings. The molecular formula is C42H40GeIrN2O-2. The predicted molar refractivity (Wildman–Crippen MR) is 196 cm³/mol. The zero-order chi connectivity index (χ0) is 35.8. The van der Waals surface area contributed by atoms with Gasteiger partial charge in [-0.1, -0.05) is 78.9 Å². The molecule has 0 amide bonds. The molecule has 0 atom stereocenters. The summed E-state index contributed by atoms with van der Waals surface area (Å²) in [7, 11) is 0. The molecule has 0 fully saturated rings. The Morgan fingerprint density at radius 1 is 0.872 bits per heavy atom. The van der Waals surface area contributed by atoms with E-state index in [1.807, 2.05) is 68.6 Å². The quantitative estimate of drug-likeness (QED) is 0.128. The standard InChI is InChI=1S/C26H20NO.C16H20GeN.Ir/c1-17(2)19-14-15-27-23(16-19)21-11-6-12-22-25-20(18-8-4-3-5-9-18)10-7-13-24(25)28-26(21)22;1-12-6-8-14(9-7-12)16-10-13(2)15(11-18-16)17(3,4)5;/h3-10,12-17H,1-2H3;6-8,10-11H,1-5H3;/q2*-1;/i17D;1D3;. The maximum Gasteiger partial charge on any atom is 0 e. The minimum atomic E-state index is -2.08. The average molecular weight is 858 g/mol. The summed E-state index contributed by atoms with van der Waals surface area (Å²) in [4.78, 5) is 9.09. The van der Waals surface area contributed by atoms with Gasteiger partial charge in [0.05, 0.1) is 5.58 Å². The van der Waals surface area contributed by atoms with Gasteiger partial charge in [-0.2, -0.15) is 0 Å². The second-order valence-corrected chi connectivity index (χ2v) is 23.4. The molecule has 5 heteroatoms. The van der Waals surface area contributed by atoms with Crippen molar-refractivity contribution in [2.45, 2.75) is 50.8 Å². The van der Waals surface area contributed by atoms with E-state index in [2.05, 4.69) is 76.6 Å². The molecule has 7 aromatic rings. The topological polar surface area (TPSA) is 38.9 Å². The summed E-state index contributed by atoms with van der Waals surface area (Å²) in [6.45, 7) is 3.79. The van der Waals surface area contributed by atoms with E-state index in [1.165, 1.54) is 16.0 Å². The van der Waals surface area contributed by atoms with Crippen molar-refractivity contribution in [2.75, 3.05) is 0 Å². The Hall–Kier alpha value is -3.83. The van der Waals surface area contributed by atoms with Crippen molar-refractivity contribution in [2.24, 2.45) is 0 Å². The van der Waals surface area contributed by atoms with Crippen LogP contribution in [0, 0.1) is 25.9 Å². The molecule has 3 nitrogen and oxygen atoms in total. The van der Waals surface area contributed by atoms with Gasteiger partial charge in [0.15, 0.2) is 0 Å². The molecular weight excluding hydrogens is 813 g/mol. The van der Waals surface area contributed by atoms with Gasteiger partial charge in [-0.15, -0.1) is 18.2 Å². The SMILES string of the molecule is [2H]C(C)(C)c1ccnc(-c2[c-]ccc3c2oc2cccc(-c4ccccc4)c23)c1.[2H]C([2H])([2H])c1c[c-]c(-c2cc(C)[c]([Ge]([CH3])([CH3])[CH3])cn2)cc1.[Ir]. The summed E-state index contributed by atoms with van der Waals surface area (Å²) in [6, 6.07) is 37.7. The number of pyridine rings is 2. The first-order valence-corrected chi connectivity index (χ1v) is 22.8. The van der Waals surface area contributed by atoms with Crippen LogP contribution < -0.4 is 4.40 Å². The van der Waals surface area contributed by atoms with E-state index in [-0.39, 0.29) is 20.1 Å². The van der Waals surface area contributed by atoms with Crippen LogP contribution in [0.15, 0.2) is 114 Å². The van der Waals surface area contributed by atoms with Crippen molar-refractivity contribution in [3.05, 3.63) is 138 Å². The predicted octanol–water partition coefficient (Wildman–Crippen LogP) is 10.9. The first-order valence-electron chi connectivity index (χ1n) is 17.5. The first-order chi connectivity index (χ1) is 23.6. The van der Waals surface area contributed by atoms with Crippen LogP contribution in [0.3, 0.4) is 0 Å². The summed E-state index contributed by atoms with van der Waals surface area (Å²) in [5.41, 5.74) is 9.69. The zero-order valence-electron chi connectivity index (χ0n) is 31.5. The van der Waals surface area contributed by atoms with E-state index in [0.29, 0.717) is 5.56 Å². The van der Waals surface area contributed by atoms with E-state index in [9.17, 15) is 0 Å². The Balaban J connectivity index is 0.000000205. The van der Waals surface area contributed by atoms with E-state index in [4.69, 9.17) is 9.90 Å². The number of aryl methyl sites for hydroxylation is 2. The van der Waals surface area contributed by atoms with Crippen LogP contribution in [0.1, 0.15) is 41.9 Å². The second kappa shape index (κ2) is 14.5. The summed E-state index contributed by atoms with van der Waals surface area (Å²) < 4.78 is 38.2. The molecule has 0 unspecified atom stereocenters. The number of rotatable bonds is 5. The number of nitrogens with zero attached hydrogens (tertiary/aromatic N) is 2. The monoisotopic (exact) mass is 859 g/mol. The van der Waals surface area contributed by atoms with E-state index in [1.54, 1.807) is 18.3 Å². The molecule has 0 aliphatic heterocycles. The second-order valence-electron chi connectivity index (χ2n) is 12.8. The molecule has 7 rings (SSSR count). The molecule has 3 aromatic heterocycles. The molecule has 0 N–H and O–H groups in total. The molecule has 47 heavy (non-hydrogen) atoms. The zero-order valence-corrected chi connectivity index (χ0v) is 32.0. The van der Waals surface area contributed by atoms with Crippen LogP contribution in [0.4, 0.5) is 0 Å². The van der Waals surface area contributed by atoms with Crippen LogP contribution in [-0.2, 0) is 20.1 Å². The van der Waals surface area contributed by atoms with E-state index < -0.39 is 26.0 Å². The van der Waals surface area contributed by atoms with Crippen LogP contribution in [0.25, 0.3) is 55.6 Å². The fourth-order valence-corrected chi connectivity index (χ4v) is 9.37. The number of hydrogen-bond donors (Lipinski definition) is 0. The van der Waals surface area contributed by atoms with Crippen molar-refractivity contribution in [1.82, 2.24) is 9.97 Å². The van der Waals surface area contributed by atoms with Gasteiger partial charge in [-0.05, 0) is 34.8 Å². The molecule has 0 spiro atoms. The van der Waals surface area contributed by atoms with Gasteiger partial charge in [-0.3, -0.25) is 0 Å². The third-order valence-electron chi connectivity index (χ3n) is 8.14. The molecule has 1 radical (unpaired) electrons. The molecule has 3 heterocycles. The number of fused-ring (bicyclic) bond motifs is 3. The maximum atomic E-state index is 8.34. The van der Waals surface area contributed by atoms with Gasteiger partial charge in [0, 0.05) is 33.1 Å². The number of benzene rings is 4. The van der Waals surface area contributed by atoms with Crippen LogP contribution in [-0.4, -0.2) is 23.2 Å². The van der Waals surface area contributed by atoms with Crippen LogP contribution >= 0.6 is 0 Å². The summed E-state index contributed by atoms with van der Waals surface area (Å²) in [5.74, 6) is 6.35. The van der Waals surface area contributed by atoms with Gasteiger partial charge in [-0.25, -0.2) is 0 Å². The largest absolute Gasteiger partial charge is 0 e. The Morgan fingerprint density at radius 3 is 2.36 bits per heavy atom. The van der Waals surface area contributed by atoms with Gasteiger partial charge < -0.3 is 9.40 Å². The van der Waals surface area contributed by atoms with Crippen molar-refractivity contribution >= 4 is 39.6 Å². The minimum Gasteiger partial charge on any atom is 0 e. The van der Waals surface area contributed by atoms with Gasteiger partial charge in [0.2, 0.25) is 0 Å². The fourth-order valence-electron chi connectivity index (χ4n) is 5.79. The Kier molecular flexibility index (Phi) is 9.06. The minimum absolute atomic E-state index is 0.